The number of carbonyl (C=O) groups excluding carboxylic acids is 1. The largest absolute Gasteiger partial charge is 0.338 e. The molecule has 0 aliphatic carbocycles. The average molecular weight is 357 g/mol. The Bertz CT molecular complexity index is 770. The van der Waals surface area contributed by atoms with Gasteiger partial charge >= 0.3 is 0 Å². The fourth-order valence-electron chi connectivity index (χ4n) is 4.32. The number of carbonyl (C=O) groups is 1. The number of rotatable bonds is 5. The zero-order valence-corrected chi connectivity index (χ0v) is 15.3. The van der Waals surface area contributed by atoms with Crippen LogP contribution in [0.1, 0.15) is 22.9 Å². The number of hydrogen-bond donors (Lipinski definition) is 0. The maximum atomic E-state index is 13.2. The third-order valence-electron chi connectivity index (χ3n) is 5.42. The lowest BCUT2D eigenvalue weighted by Crippen LogP contribution is -2.39. The molecule has 0 radical (unpaired) electrons. The van der Waals surface area contributed by atoms with Crippen LogP contribution < -0.4 is 0 Å². The molecule has 1 amide bonds. The Morgan fingerprint density at radius 3 is 3.08 bits per heavy atom. The Morgan fingerprint density at radius 2 is 2.40 bits per heavy atom. The first kappa shape index (κ1) is 16.5. The molecule has 2 aliphatic rings. The predicted molar refractivity (Wildman–Crippen MR) is 97.2 cm³/mol. The lowest BCUT2D eigenvalue weighted by atomic mass is 9.77. The minimum absolute atomic E-state index is 0.173. The van der Waals surface area contributed by atoms with Gasteiger partial charge in [-0.25, -0.2) is 4.98 Å². The number of amides is 1. The quantitative estimate of drug-likeness (QED) is 0.767. The molecule has 6 nitrogen and oxygen atoms in total. The van der Waals surface area contributed by atoms with Gasteiger partial charge in [0, 0.05) is 69.0 Å². The first-order chi connectivity index (χ1) is 12.1. The molecule has 2 saturated heterocycles. The van der Waals surface area contributed by atoms with Gasteiger partial charge < -0.3 is 4.90 Å². The van der Waals surface area contributed by atoms with E-state index in [1.54, 1.807) is 11.3 Å². The first-order valence-electron chi connectivity index (χ1n) is 8.62. The molecule has 2 aromatic rings. The van der Waals surface area contributed by atoms with Crippen molar-refractivity contribution in [1.29, 1.82) is 0 Å². The van der Waals surface area contributed by atoms with Gasteiger partial charge in [0.2, 0.25) is 5.91 Å². The summed E-state index contributed by atoms with van der Waals surface area (Å²) in [5.41, 5.74) is 0.842. The van der Waals surface area contributed by atoms with Gasteiger partial charge in [-0.1, -0.05) is 6.08 Å². The number of aromatic nitrogens is 3. The number of thiazole rings is 1. The second kappa shape index (κ2) is 6.38. The van der Waals surface area contributed by atoms with E-state index in [1.165, 1.54) is 5.56 Å². The third kappa shape index (κ3) is 2.81. The Kier molecular flexibility index (Phi) is 4.21. The smallest absolute Gasteiger partial charge is 0.231 e. The Hall–Kier alpha value is -1.99. The topological polar surface area (TPSA) is 54.3 Å². The molecule has 4 rings (SSSR count). The van der Waals surface area contributed by atoms with Crippen LogP contribution in [0.2, 0.25) is 0 Å². The fraction of sp³-hybridized carbons (Fsp3) is 0.500. The van der Waals surface area contributed by atoms with Gasteiger partial charge in [0.15, 0.2) is 0 Å². The zero-order chi connectivity index (χ0) is 17.4. The highest BCUT2D eigenvalue weighted by atomic mass is 32.1. The van der Waals surface area contributed by atoms with Crippen LogP contribution in [-0.4, -0.2) is 56.7 Å². The molecule has 0 saturated carbocycles. The van der Waals surface area contributed by atoms with E-state index in [4.69, 9.17) is 0 Å². The second-order valence-corrected chi connectivity index (χ2v) is 7.99. The van der Waals surface area contributed by atoms with E-state index >= 15 is 0 Å². The summed E-state index contributed by atoms with van der Waals surface area (Å²) in [4.78, 5) is 22.1. The number of likely N-dealkylation sites (tertiary alicyclic amines) is 2. The van der Waals surface area contributed by atoms with Crippen molar-refractivity contribution in [3.05, 3.63) is 47.2 Å². The summed E-state index contributed by atoms with van der Waals surface area (Å²) in [5.74, 6) is 0.438. The van der Waals surface area contributed by atoms with Crippen LogP contribution in [0.5, 0.6) is 0 Å². The van der Waals surface area contributed by atoms with Gasteiger partial charge in [0.05, 0.1) is 16.6 Å². The molecule has 2 atom stereocenters. The van der Waals surface area contributed by atoms with Gasteiger partial charge in [0.1, 0.15) is 0 Å². The molecule has 1 spiro atoms. The van der Waals surface area contributed by atoms with Gasteiger partial charge in [-0.3, -0.25) is 14.4 Å². The Balaban J connectivity index is 1.61. The van der Waals surface area contributed by atoms with E-state index in [-0.39, 0.29) is 17.2 Å². The molecule has 132 valence electrons. The summed E-state index contributed by atoms with van der Waals surface area (Å²) in [6, 6.07) is 0. The SMILES string of the molecule is C=CCN1CCC2(CN(Cc3cnn(C)c3)CC2c2nccs2)C1=O. The first-order valence-corrected chi connectivity index (χ1v) is 9.50. The highest BCUT2D eigenvalue weighted by Crippen LogP contribution is 2.50. The van der Waals surface area contributed by atoms with Crippen molar-refractivity contribution in [2.45, 2.75) is 18.9 Å². The number of nitrogens with zero attached hydrogens (tertiary/aromatic N) is 5. The molecule has 2 fully saturated rings. The molecule has 2 aliphatic heterocycles. The molecule has 2 unspecified atom stereocenters. The van der Waals surface area contributed by atoms with Crippen LogP contribution in [0.4, 0.5) is 0 Å². The van der Waals surface area contributed by atoms with Crippen LogP contribution in [0.15, 0.2) is 36.6 Å². The molecule has 0 bridgehead atoms. The summed E-state index contributed by atoms with van der Waals surface area (Å²) in [5, 5.41) is 7.35. The normalized spacial score (nSPS) is 26.8. The number of hydrogen-bond acceptors (Lipinski definition) is 5. The minimum atomic E-state index is -0.344. The van der Waals surface area contributed by atoms with E-state index in [0.717, 1.165) is 37.6 Å². The van der Waals surface area contributed by atoms with Gasteiger partial charge in [-0.15, -0.1) is 17.9 Å². The standard InChI is InChI=1S/C18H23N5OS/c1-3-6-23-7-4-18(17(23)24)13-22(11-14-9-20-21(2)10-14)12-15(18)16-19-5-8-25-16/h3,5,8-10,15H,1,4,6-7,11-13H2,2H3. The van der Waals surface area contributed by atoms with Gasteiger partial charge in [0.25, 0.3) is 0 Å². The summed E-state index contributed by atoms with van der Waals surface area (Å²) in [7, 11) is 1.93. The molecule has 0 N–H and O–H groups in total. The average Bonchev–Trinajstić information content (AvgIpc) is 3.35. The highest BCUT2D eigenvalue weighted by Gasteiger charge is 2.57. The van der Waals surface area contributed by atoms with E-state index in [2.05, 4.69) is 21.6 Å². The lowest BCUT2D eigenvalue weighted by Gasteiger charge is -2.27. The summed E-state index contributed by atoms with van der Waals surface area (Å²) in [6.45, 7) is 7.72. The molecule has 25 heavy (non-hydrogen) atoms. The minimum Gasteiger partial charge on any atom is -0.338 e. The number of aryl methyl sites for hydroxylation is 1. The van der Waals surface area contributed by atoms with E-state index in [0.29, 0.717) is 6.54 Å². The van der Waals surface area contributed by atoms with Crippen LogP contribution in [-0.2, 0) is 18.4 Å². The molecular weight excluding hydrogens is 334 g/mol. The van der Waals surface area contributed by atoms with Crippen molar-refractivity contribution in [2.75, 3.05) is 26.2 Å². The van der Waals surface area contributed by atoms with E-state index < -0.39 is 0 Å². The molecule has 0 aromatic carbocycles. The van der Waals surface area contributed by atoms with Crippen LogP contribution in [0.25, 0.3) is 0 Å². The zero-order valence-electron chi connectivity index (χ0n) is 14.5. The molecule has 4 heterocycles. The lowest BCUT2D eigenvalue weighted by molar-refractivity contribution is -0.135. The van der Waals surface area contributed by atoms with Crippen LogP contribution >= 0.6 is 11.3 Å². The second-order valence-electron chi connectivity index (χ2n) is 7.06. The predicted octanol–water partition coefficient (Wildman–Crippen LogP) is 1.88. The van der Waals surface area contributed by atoms with Crippen molar-refractivity contribution in [3.63, 3.8) is 0 Å². The summed E-state index contributed by atoms with van der Waals surface area (Å²) in [6.07, 6.45) is 8.51. The van der Waals surface area contributed by atoms with Gasteiger partial charge in [-0.05, 0) is 6.42 Å². The van der Waals surface area contributed by atoms with Crippen molar-refractivity contribution in [2.24, 2.45) is 12.5 Å². The molecular formula is C18H23N5OS. The van der Waals surface area contributed by atoms with Crippen molar-refractivity contribution in [3.8, 4) is 0 Å². The summed E-state index contributed by atoms with van der Waals surface area (Å²) >= 11 is 1.66. The fourth-order valence-corrected chi connectivity index (χ4v) is 5.16. The van der Waals surface area contributed by atoms with Gasteiger partial charge in [-0.2, -0.15) is 5.10 Å². The van der Waals surface area contributed by atoms with Crippen molar-refractivity contribution in [1.82, 2.24) is 24.6 Å². The van der Waals surface area contributed by atoms with Crippen LogP contribution in [0, 0.1) is 5.41 Å². The highest BCUT2D eigenvalue weighted by molar-refractivity contribution is 7.09. The maximum Gasteiger partial charge on any atom is 0.231 e. The molecule has 7 heteroatoms. The molecule has 2 aromatic heterocycles. The van der Waals surface area contributed by atoms with Crippen molar-refractivity contribution < 1.29 is 4.79 Å². The van der Waals surface area contributed by atoms with E-state index in [9.17, 15) is 4.79 Å². The van der Waals surface area contributed by atoms with E-state index in [1.807, 2.05) is 46.7 Å². The van der Waals surface area contributed by atoms with Crippen LogP contribution in [0.3, 0.4) is 0 Å². The maximum absolute atomic E-state index is 13.2. The van der Waals surface area contributed by atoms with Crippen molar-refractivity contribution >= 4 is 17.2 Å². The Morgan fingerprint density at radius 1 is 1.52 bits per heavy atom. The Labute approximate surface area is 151 Å². The third-order valence-corrected chi connectivity index (χ3v) is 6.31. The monoisotopic (exact) mass is 357 g/mol. The summed E-state index contributed by atoms with van der Waals surface area (Å²) < 4.78 is 1.83.